The van der Waals surface area contributed by atoms with Gasteiger partial charge in [0.2, 0.25) is 0 Å². The molecule has 1 atom stereocenters. The third kappa shape index (κ3) is 3.92. The lowest BCUT2D eigenvalue weighted by molar-refractivity contribution is 0.122. The first-order chi connectivity index (χ1) is 11.3. The molecule has 0 spiro atoms. The Labute approximate surface area is 137 Å². The minimum atomic E-state index is 0.174. The molecule has 0 unspecified atom stereocenters. The number of hydrogen-bond donors (Lipinski definition) is 1. The van der Waals surface area contributed by atoms with Crippen molar-refractivity contribution in [2.24, 2.45) is 0 Å². The number of hydrogen-bond acceptors (Lipinski definition) is 5. The predicted molar refractivity (Wildman–Crippen MR) is 90.6 cm³/mol. The largest absolute Gasteiger partial charge is 0.464 e. The molecule has 0 saturated carbocycles. The van der Waals surface area contributed by atoms with E-state index in [1.807, 2.05) is 12.3 Å². The normalized spacial score (nSPS) is 16.5. The highest BCUT2D eigenvalue weighted by Crippen LogP contribution is 2.21. The topological polar surface area (TPSA) is 50.5 Å². The van der Waals surface area contributed by atoms with E-state index in [9.17, 15) is 0 Å². The SMILES string of the molecule is CCc1ccc([C@H](C)NCc2cccnc2N2CCOCC2)o1. The van der Waals surface area contributed by atoms with Gasteiger partial charge in [-0.25, -0.2) is 4.98 Å². The number of rotatable bonds is 6. The van der Waals surface area contributed by atoms with E-state index in [2.05, 4.69) is 47.2 Å². The molecule has 5 heteroatoms. The molecule has 1 N–H and O–H groups in total. The van der Waals surface area contributed by atoms with Crippen LogP contribution in [0.2, 0.25) is 0 Å². The van der Waals surface area contributed by atoms with E-state index in [1.54, 1.807) is 0 Å². The van der Waals surface area contributed by atoms with E-state index in [0.29, 0.717) is 0 Å². The summed E-state index contributed by atoms with van der Waals surface area (Å²) in [6.07, 6.45) is 2.79. The van der Waals surface area contributed by atoms with Crippen LogP contribution in [0.5, 0.6) is 0 Å². The maximum absolute atomic E-state index is 5.82. The van der Waals surface area contributed by atoms with Crippen LogP contribution in [0.4, 0.5) is 5.82 Å². The molecule has 0 radical (unpaired) electrons. The van der Waals surface area contributed by atoms with Gasteiger partial charge in [-0.15, -0.1) is 0 Å². The number of aryl methyl sites for hydroxylation is 1. The summed E-state index contributed by atoms with van der Waals surface area (Å²) < 4.78 is 11.3. The van der Waals surface area contributed by atoms with Crippen LogP contribution in [0, 0.1) is 0 Å². The Bertz CT molecular complexity index is 620. The highest BCUT2D eigenvalue weighted by Gasteiger charge is 2.17. The van der Waals surface area contributed by atoms with E-state index in [1.165, 1.54) is 5.56 Å². The van der Waals surface area contributed by atoms with Crippen LogP contribution in [0.25, 0.3) is 0 Å². The minimum Gasteiger partial charge on any atom is -0.464 e. The summed E-state index contributed by atoms with van der Waals surface area (Å²) in [5.74, 6) is 3.08. The summed E-state index contributed by atoms with van der Waals surface area (Å²) in [6.45, 7) is 8.34. The highest BCUT2D eigenvalue weighted by atomic mass is 16.5. The summed E-state index contributed by atoms with van der Waals surface area (Å²) in [5.41, 5.74) is 1.21. The van der Waals surface area contributed by atoms with E-state index in [0.717, 1.165) is 56.6 Å². The van der Waals surface area contributed by atoms with Crippen LogP contribution >= 0.6 is 0 Å². The van der Waals surface area contributed by atoms with Gasteiger partial charge in [0.05, 0.1) is 19.3 Å². The standard InChI is InChI=1S/C18H25N3O2/c1-3-16-6-7-17(23-16)14(2)20-13-15-5-4-8-19-18(15)21-9-11-22-12-10-21/h4-8,14,20H,3,9-13H2,1-2H3/t14-/m0/s1. The van der Waals surface area contributed by atoms with E-state index in [-0.39, 0.29) is 6.04 Å². The zero-order valence-electron chi connectivity index (χ0n) is 13.9. The molecule has 3 rings (SSSR count). The Hall–Kier alpha value is -1.85. The molecule has 1 aliphatic rings. The highest BCUT2D eigenvalue weighted by molar-refractivity contribution is 5.47. The third-order valence-corrected chi connectivity index (χ3v) is 4.23. The van der Waals surface area contributed by atoms with Crippen LogP contribution in [-0.2, 0) is 17.7 Å². The molecular weight excluding hydrogens is 290 g/mol. The van der Waals surface area contributed by atoms with Crippen LogP contribution < -0.4 is 10.2 Å². The van der Waals surface area contributed by atoms with Crippen molar-refractivity contribution in [2.75, 3.05) is 31.2 Å². The summed E-state index contributed by atoms with van der Waals surface area (Å²) in [7, 11) is 0. The minimum absolute atomic E-state index is 0.174. The molecule has 0 aliphatic carbocycles. The average Bonchev–Trinajstić information content (AvgIpc) is 3.10. The van der Waals surface area contributed by atoms with Crippen molar-refractivity contribution in [3.8, 4) is 0 Å². The number of nitrogens with zero attached hydrogens (tertiary/aromatic N) is 2. The monoisotopic (exact) mass is 315 g/mol. The second-order valence-corrected chi connectivity index (χ2v) is 5.85. The lowest BCUT2D eigenvalue weighted by Crippen LogP contribution is -2.37. The average molecular weight is 315 g/mol. The fourth-order valence-electron chi connectivity index (χ4n) is 2.81. The second-order valence-electron chi connectivity index (χ2n) is 5.85. The summed E-state index contributed by atoms with van der Waals surface area (Å²) in [6, 6.07) is 8.41. The Morgan fingerprint density at radius 2 is 2.09 bits per heavy atom. The molecule has 23 heavy (non-hydrogen) atoms. The molecule has 0 amide bonds. The molecule has 1 aliphatic heterocycles. The van der Waals surface area contributed by atoms with Gasteiger partial charge in [-0.1, -0.05) is 13.0 Å². The molecule has 124 valence electrons. The Kier molecular flexibility index (Phi) is 5.31. The molecule has 2 aromatic heterocycles. The van der Waals surface area contributed by atoms with Crippen molar-refractivity contribution in [3.63, 3.8) is 0 Å². The van der Waals surface area contributed by atoms with Crippen molar-refractivity contribution in [1.82, 2.24) is 10.3 Å². The van der Waals surface area contributed by atoms with E-state index >= 15 is 0 Å². The number of ether oxygens (including phenoxy) is 1. The maximum atomic E-state index is 5.82. The van der Waals surface area contributed by atoms with Crippen LogP contribution in [0.15, 0.2) is 34.9 Å². The number of anilines is 1. The van der Waals surface area contributed by atoms with Gasteiger partial charge < -0.3 is 19.4 Å². The number of aromatic nitrogens is 1. The van der Waals surface area contributed by atoms with Crippen molar-refractivity contribution in [1.29, 1.82) is 0 Å². The van der Waals surface area contributed by atoms with Gasteiger partial charge in [-0.2, -0.15) is 0 Å². The first kappa shape index (κ1) is 16.0. The molecule has 5 nitrogen and oxygen atoms in total. The number of nitrogens with one attached hydrogen (secondary N) is 1. The third-order valence-electron chi connectivity index (χ3n) is 4.23. The first-order valence-electron chi connectivity index (χ1n) is 8.36. The van der Waals surface area contributed by atoms with Gasteiger partial charge in [0.15, 0.2) is 0 Å². The Morgan fingerprint density at radius 1 is 1.26 bits per heavy atom. The Morgan fingerprint density at radius 3 is 2.83 bits per heavy atom. The lowest BCUT2D eigenvalue weighted by atomic mass is 10.2. The maximum Gasteiger partial charge on any atom is 0.133 e. The number of pyridine rings is 1. The number of morpholine rings is 1. The fraction of sp³-hybridized carbons (Fsp3) is 0.500. The molecule has 3 heterocycles. The lowest BCUT2D eigenvalue weighted by Gasteiger charge is -2.29. The zero-order chi connectivity index (χ0) is 16.1. The zero-order valence-corrected chi connectivity index (χ0v) is 13.9. The van der Waals surface area contributed by atoms with Crippen molar-refractivity contribution in [2.45, 2.75) is 32.9 Å². The van der Waals surface area contributed by atoms with Crippen LogP contribution in [0.1, 0.15) is 37.0 Å². The van der Waals surface area contributed by atoms with Crippen molar-refractivity contribution in [3.05, 3.63) is 47.5 Å². The van der Waals surface area contributed by atoms with Crippen molar-refractivity contribution < 1.29 is 9.15 Å². The van der Waals surface area contributed by atoms with Crippen molar-refractivity contribution >= 4 is 5.82 Å². The summed E-state index contributed by atoms with van der Waals surface area (Å²) in [4.78, 5) is 6.88. The van der Waals surface area contributed by atoms with E-state index in [4.69, 9.17) is 9.15 Å². The van der Waals surface area contributed by atoms with Gasteiger partial charge >= 0.3 is 0 Å². The van der Waals surface area contributed by atoms with E-state index < -0.39 is 0 Å². The molecule has 0 bridgehead atoms. The van der Waals surface area contributed by atoms with Gasteiger partial charge in [0.25, 0.3) is 0 Å². The van der Waals surface area contributed by atoms with Crippen LogP contribution in [0.3, 0.4) is 0 Å². The molecule has 1 saturated heterocycles. The summed E-state index contributed by atoms with van der Waals surface area (Å²) in [5, 5.41) is 3.54. The first-order valence-corrected chi connectivity index (χ1v) is 8.36. The van der Waals surface area contributed by atoms with Gasteiger partial charge in [0, 0.05) is 37.8 Å². The smallest absolute Gasteiger partial charge is 0.133 e. The number of furan rings is 1. The quantitative estimate of drug-likeness (QED) is 0.888. The van der Waals surface area contributed by atoms with Gasteiger partial charge in [-0.3, -0.25) is 0 Å². The fourth-order valence-corrected chi connectivity index (χ4v) is 2.81. The van der Waals surface area contributed by atoms with Gasteiger partial charge in [0.1, 0.15) is 17.3 Å². The van der Waals surface area contributed by atoms with Gasteiger partial charge in [-0.05, 0) is 25.1 Å². The summed E-state index contributed by atoms with van der Waals surface area (Å²) >= 11 is 0. The Balaban J connectivity index is 1.65. The predicted octanol–water partition coefficient (Wildman–Crippen LogP) is 2.92. The molecule has 1 fully saturated rings. The molecular formula is C18H25N3O2. The molecule has 2 aromatic rings. The second kappa shape index (κ2) is 7.62. The molecule has 0 aromatic carbocycles. The van der Waals surface area contributed by atoms with Crippen LogP contribution in [-0.4, -0.2) is 31.3 Å².